The van der Waals surface area contributed by atoms with Crippen molar-refractivity contribution < 1.29 is 9.47 Å². The van der Waals surface area contributed by atoms with E-state index in [-0.39, 0.29) is 0 Å². The second kappa shape index (κ2) is 4.83. The highest BCUT2D eigenvalue weighted by atomic mass is 16.5. The van der Waals surface area contributed by atoms with Crippen LogP contribution in [-0.4, -0.2) is 26.4 Å². The van der Waals surface area contributed by atoms with Crippen LogP contribution >= 0.6 is 0 Å². The van der Waals surface area contributed by atoms with E-state index in [1.54, 1.807) is 14.2 Å². The summed E-state index contributed by atoms with van der Waals surface area (Å²) >= 11 is 0. The largest absolute Gasteiger partial charge is 0.379 e. The molecule has 0 saturated heterocycles. The Morgan fingerprint density at radius 1 is 1.00 bits per heavy atom. The van der Waals surface area contributed by atoms with E-state index in [1.165, 1.54) is 12.8 Å². The second-order valence-corrected chi connectivity index (χ2v) is 3.82. The zero-order valence-electron chi connectivity index (χ0n) is 8.38. The Labute approximate surface area is 75.2 Å². The van der Waals surface area contributed by atoms with E-state index in [0.717, 1.165) is 18.8 Å². The average Bonchev–Trinajstić information content (AvgIpc) is 2.26. The lowest BCUT2D eigenvalue weighted by molar-refractivity contribution is -0.0419. The zero-order chi connectivity index (χ0) is 8.97. The van der Waals surface area contributed by atoms with Crippen LogP contribution in [0.15, 0.2) is 0 Å². The molecule has 2 heteroatoms. The van der Waals surface area contributed by atoms with Crippen LogP contribution in [0.1, 0.15) is 32.6 Å². The van der Waals surface area contributed by atoms with E-state index in [9.17, 15) is 0 Å². The van der Waals surface area contributed by atoms with Crippen LogP contribution in [0.4, 0.5) is 0 Å². The van der Waals surface area contributed by atoms with E-state index < -0.39 is 0 Å². The third-order valence-corrected chi connectivity index (χ3v) is 2.84. The molecule has 1 aliphatic rings. The Hall–Kier alpha value is -0.0800. The summed E-state index contributed by atoms with van der Waals surface area (Å²) in [6.07, 6.45) is 5.53. The number of hydrogen-bond donors (Lipinski definition) is 0. The maximum absolute atomic E-state index is 5.42. The van der Waals surface area contributed by atoms with Crippen molar-refractivity contribution in [3.63, 3.8) is 0 Å². The first-order valence-electron chi connectivity index (χ1n) is 4.83. The first-order valence-corrected chi connectivity index (χ1v) is 4.83. The molecule has 2 nitrogen and oxygen atoms in total. The molecule has 1 fully saturated rings. The van der Waals surface area contributed by atoms with Gasteiger partial charge < -0.3 is 9.47 Å². The van der Waals surface area contributed by atoms with E-state index in [2.05, 4.69) is 6.92 Å². The van der Waals surface area contributed by atoms with Crippen molar-refractivity contribution >= 4 is 0 Å². The number of methoxy groups -OCH3 is 2. The molecule has 72 valence electrons. The molecule has 0 N–H and O–H groups in total. The molecular weight excluding hydrogens is 152 g/mol. The molecule has 0 aromatic rings. The summed E-state index contributed by atoms with van der Waals surface area (Å²) in [4.78, 5) is 0. The van der Waals surface area contributed by atoms with Gasteiger partial charge in [-0.3, -0.25) is 0 Å². The SMILES string of the molecule is COC1CCCC(C)CC1OC. The van der Waals surface area contributed by atoms with Gasteiger partial charge in [0.1, 0.15) is 0 Å². The van der Waals surface area contributed by atoms with Crippen molar-refractivity contribution in [3.8, 4) is 0 Å². The van der Waals surface area contributed by atoms with Gasteiger partial charge in [0.25, 0.3) is 0 Å². The van der Waals surface area contributed by atoms with Crippen molar-refractivity contribution in [1.29, 1.82) is 0 Å². The summed E-state index contributed by atoms with van der Waals surface area (Å²) in [7, 11) is 3.57. The molecule has 0 spiro atoms. The lowest BCUT2D eigenvalue weighted by atomic mass is 10.0. The van der Waals surface area contributed by atoms with Gasteiger partial charge in [0.05, 0.1) is 12.2 Å². The maximum Gasteiger partial charge on any atom is 0.0835 e. The molecule has 1 aliphatic carbocycles. The molecule has 3 unspecified atom stereocenters. The molecular formula is C10H20O2. The quantitative estimate of drug-likeness (QED) is 0.595. The van der Waals surface area contributed by atoms with Crippen molar-refractivity contribution in [2.24, 2.45) is 5.92 Å². The minimum Gasteiger partial charge on any atom is -0.379 e. The van der Waals surface area contributed by atoms with Crippen LogP contribution < -0.4 is 0 Å². The fourth-order valence-electron chi connectivity index (χ4n) is 2.04. The van der Waals surface area contributed by atoms with Crippen molar-refractivity contribution in [2.45, 2.75) is 44.8 Å². The molecule has 0 heterocycles. The van der Waals surface area contributed by atoms with Crippen LogP contribution in [0.3, 0.4) is 0 Å². The van der Waals surface area contributed by atoms with Crippen molar-refractivity contribution in [3.05, 3.63) is 0 Å². The Kier molecular flexibility index (Phi) is 4.02. The predicted octanol–water partition coefficient (Wildman–Crippen LogP) is 2.23. The lowest BCUT2D eigenvalue weighted by Crippen LogP contribution is -2.29. The van der Waals surface area contributed by atoms with Crippen LogP contribution in [0.25, 0.3) is 0 Å². The number of ether oxygens (including phenoxy) is 2. The summed E-state index contributed by atoms with van der Waals surface area (Å²) in [6, 6.07) is 0. The normalized spacial score (nSPS) is 37.8. The van der Waals surface area contributed by atoms with Gasteiger partial charge in [-0.05, 0) is 18.8 Å². The third-order valence-electron chi connectivity index (χ3n) is 2.84. The van der Waals surface area contributed by atoms with E-state index in [0.29, 0.717) is 12.2 Å². The summed E-state index contributed by atoms with van der Waals surface area (Å²) in [5.74, 6) is 0.787. The molecule has 0 aromatic heterocycles. The predicted molar refractivity (Wildman–Crippen MR) is 49.2 cm³/mol. The van der Waals surface area contributed by atoms with Gasteiger partial charge in [0.2, 0.25) is 0 Å². The molecule has 0 radical (unpaired) electrons. The maximum atomic E-state index is 5.42. The average molecular weight is 172 g/mol. The molecule has 0 aliphatic heterocycles. The molecule has 1 rings (SSSR count). The smallest absolute Gasteiger partial charge is 0.0835 e. The topological polar surface area (TPSA) is 18.5 Å². The highest BCUT2D eigenvalue weighted by molar-refractivity contribution is 4.77. The highest BCUT2D eigenvalue weighted by Crippen LogP contribution is 2.26. The third kappa shape index (κ3) is 2.46. The van der Waals surface area contributed by atoms with Gasteiger partial charge in [0, 0.05) is 14.2 Å². The van der Waals surface area contributed by atoms with Crippen molar-refractivity contribution in [1.82, 2.24) is 0 Å². The first kappa shape index (κ1) is 10.0. The highest BCUT2D eigenvalue weighted by Gasteiger charge is 2.25. The van der Waals surface area contributed by atoms with Gasteiger partial charge in [-0.15, -0.1) is 0 Å². The van der Waals surface area contributed by atoms with Crippen molar-refractivity contribution in [2.75, 3.05) is 14.2 Å². The zero-order valence-corrected chi connectivity index (χ0v) is 8.38. The van der Waals surface area contributed by atoms with E-state index in [1.807, 2.05) is 0 Å². The lowest BCUT2D eigenvalue weighted by Gasteiger charge is -2.23. The fraction of sp³-hybridized carbons (Fsp3) is 1.00. The number of hydrogen-bond acceptors (Lipinski definition) is 2. The van der Waals surface area contributed by atoms with Crippen LogP contribution in [0.5, 0.6) is 0 Å². The molecule has 0 aromatic carbocycles. The summed E-state index contributed by atoms with van der Waals surface area (Å²) in [5.41, 5.74) is 0. The Bertz CT molecular complexity index is 125. The van der Waals surface area contributed by atoms with Gasteiger partial charge in [-0.1, -0.05) is 19.8 Å². The minimum absolute atomic E-state index is 0.312. The Balaban J connectivity index is 2.49. The minimum atomic E-state index is 0.312. The molecule has 1 saturated carbocycles. The fourth-order valence-corrected chi connectivity index (χ4v) is 2.04. The Morgan fingerprint density at radius 3 is 2.25 bits per heavy atom. The summed E-state index contributed by atoms with van der Waals surface area (Å²) in [5, 5.41) is 0. The Morgan fingerprint density at radius 2 is 1.67 bits per heavy atom. The van der Waals surface area contributed by atoms with Crippen LogP contribution in [-0.2, 0) is 9.47 Å². The number of rotatable bonds is 2. The second-order valence-electron chi connectivity index (χ2n) is 3.82. The van der Waals surface area contributed by atoms with Gasteiger partial charge in [0.15, 0.2) is 0 Å². The van der Waals surface area contributed by atoms with E-state index >= 15 is 0 Å². The van der Waals surface area contributed by atoms with Crippen LogP contribution in [0.2, 0.25) is 0 Å². The standard InChI is InChI=1S/C10H20O2/c1-8-5-4-6-9(11-2)10(7-8)12-3/h8-10H,4-7H2,1-3H3. The summed E-state index contributed by atoms with van der Waals surface area (Å²) in [6.45, 7) is 2.30. The monoisotopic (exact) mass is 172 g/mol. The van der Waals surface area contributed by atoms with Gasteiger partial charge in [-0.25, -0.2) is 0 Å². The molecule has 0 bridgehead atoms. The molecule has 12 heavy (non-hydrogen) atoms. The van der Waals surface area contributed by atoms with Gasteiger partial charge in [-0.2, -0.15) is 0 Å². The first-order chi connectivity index (χ1) is 5.77. The summed E-state index contributed by atoms with van der Waals surface area (Å²) < 4.78 is 10.8. The van der Waals surface area contributed by atoms with Crippen LogP contribution in [0, 0.1) is 5.92 Å². The van der Waals surface area contributed by atoms with E-state index in [4.69, 9.17) is 9.47 Å². The molecule has 0 amide bonds. The molecule has 3 atom stereocenters. The van der Waals surface area contributed by atoms with Gasteiger partial charge >= 0.3 is 0 Å².